The average Bonchev–Trinajstić information content (AvgIpc) is 3.06. The van der Waals surface area contributed by atoms with Crippen LogP contribution in [0.3, 0.4) is 0 Å². The quantitative estimate of drug-likeness (QED) is 0.423. The smallest absolute Gasteiger partial charge is 0.408 e. The molecule has 0 saturated carbocycles. The summed E-state index contributed by atoms with van der Waals surface area (Å²) in [7, 11) is 1.70. The number of benzene rings is 2. The monoisotopic (exact) mass is 643 g/mol. The van der Waals surface area contributed by atoms with Crippen LogP contribution in [0, 0.1) is 18.8 Å². The predicted molar refractivity (Wildman–Crippen MR) is 128 cm³/mol. The number of nitrogens with zero attached hydrogens (tertiary/aromatic N) is 2. The molecular weight excluding hydrogens is 611 g/mol. The molecular formula is C25H31N4O4Os. The normalized spacial score (nSPS) is 15.4. The van der Waals surface area contributed by atoms with Crippen LogP contribution in [0.5, 0.6) is 0 Å². The zero-order valence-corrected chi connectivity index (χ0v) is 22.1. The Morgan fingerprint density at radius 1 is 1.21 bits per heavy atom. The third kappa shape index (κ3) is 7.92. The van der Waals surface area contributed by atoms with Crippen LogP contribution >= 0.6 is 0 Å². The maximum atomic E-state index is 11.5. The zero-order valence-electron chi connectivity index (χ0n) is 19.5. The molecule has 1 fully saturated rings. The minimum absolute atomic E-state index is 0. The van der Waals surface area contributed by atoms with E-state index in [1.807, 2.05) is 42.5 Å². The Labute approximate surface area is 213 Å². The number of amides is 1. The van der Waals surface area contributed by atoms with Gasteiger partial charge in [-0.1, -0.05) is 30.3 Å². The van der Waals surface area contributed by atoms with Gasteiger partial charge in [-0.05, 0) is 54.6 Å². The van der Waals surface area contributed by atoms with Crippen molar-refractivity contribution in [2.75, 3.05) is 19.7 Å². The Bertz CT molecular complexity index is 1140. The summed E-state index contributed by atoms with van der Waals surface area (Å²) in [5, 5.41) is 11.7. The molecule has 4 rings (SSSR count). The molecule has 1 unspecified atom stereocenters. The van der Waals surface area contributed by atoms with Gasteiger partial charge in [-0.3, -0.25) is 9.36 Å². The van der Waals surface area contributed by atoms with Gasteiger partial charge in [0.15, 0.2) is 5.58 Å². The molecule has 1 atom stereocenters. The first kappa shape index (κ1) is 29.3. The summed E-state index contributed by atoms with van der Waals surface area (Å²) >= 11 is 0. The minimum Gasteiger partial charge on any atom is -0.408 e. The van der Waals surface area contributed by atoms with E-state index in [0.29, 0.717) is 25.2 Å². The number of carbonyl (C=O) groups is 1. The number of hydrogen-bond acceptors (Lipinski definition) is 6. The van der Waals surface area contributed by atoms with E-state index in [-0.39, 0.29) is 38.9 Å². The maximum absolute atomic E-state index is 11.5. The SMILES string of the molecule is Cn1c(=O)oc2ccc(-c3ccc(CCC#N)cc3)cc21.NC(=O)C1CNCCCCO1.[CH3-].[Os+]. The van der Waals surface area contributed by atoms with Crippen molar-refractivity contribution in [1.82, 2.24) is 9.88 Å². The average molecular weight is 642 g/mol. The largest absolute Gasteiger partial charge is 1.00 e. The summed E-state index contributed by atoms with van der Waals surface area (Å²) in [6, 6.07) is 16.0. The fourth-order valence-corrected chi connectivity index (χ4v) is 3.42. The molecule has 1 radical (unpaired) electrons. The van der Waals surface area contributed by atoms with Crippen LogP contribution in [-0.4, -0.2) is 36.3 Å². The molecule has 2 heterocycles. The van der Waals surface area contributed by atoms with Crippen molar-refractivity contribution >= 4 is 17.0 Å². The van der Waals surface area contributed by atoms with Crippen LogP contribution in [-0.2, 0) is 42.8 Å². The molecule has 8 nitrogen and oxygen atoms in total. The molecule has 9 heteroatoms. The number of aryl methyl sites for hydroxylation is 2. The van der Waals surface area contributed by atoms with Crippen molar-refractivity contribution in [3.63, 3.8) is 0 Å². The molecule has 0 spiro atoms. The summed E-state index contributed by atoms with van der Waals surface area (Å²) in [4.78, 5) is 22.2. The van der Waals surface area contributed by atoms with Gasteiger partial charge < -0.3 is 27.6 Å². The first-order chi connectivity index (χ1) is 15.5. The van der Waals surface area contributed by atoms with Gasteiger partial charge in [0.25, 0.3) is 0 Å². The van der Waals surface area contributed by atoms with Crippen LogP contribution < -0.4 is 16.8 Å². The molecule has 1 aliphatic rings. The Morgan fingerprint density at radius 2 is 1.91 bits per heavy atom. The second kappa shape index (κ2) is 14.5. The number of rotatable bonds is 4. The number of ether oxygens (including phenoxy) is 1. The van der Waals surface area contributed by atoms with Gasteiger partial charge in [0, 0.05) is 26.6 Å². The summed E-state index contributed by atoms with van der Waals surface area (Å²) in [5.74, 6) is -0.728. The molecule has 1 amide bonds. The maximum Gasteiger partial charge on any atom is 1.00 e. The van der Waals surface area contributed by atoms with Crippen LogP contribution in [0.25, 0.3) is 22.2 Å². The number of carbonyl (C=O) groups excluding carboxylic acids is 1. The minimum atomic E-state index is -0.435. The van der Waals surface area contributed by atoms with E-state index in [9.17, 15) is 9.59 Å². The van der Waals surface area contributed by atoms with Crippen LogP contribution in [0.15, 0.2) is 51.7 Å². The number of aromatic nitrogens is 1. The molecule has 0 bridgehead atoms. The summed E-state index contributed by atoms with van der Waals surface area (Å²) in [5.41, 5.74) is 9.72. The van der Waals surface area contributed by atoms with Gasteiger partial charge in [0.2, 0.25) is 5.91 Å². The number of nitriles is 1. The summed E-state index contributed by atoms with van der Waals surface area (Å²) in [6.45, 7) is 2.15. The van der Waals surface area contributed by atoms with E-state index >= 15 is 0 Å². The number of oxazole rings is 1. The molecule has 1 aliphatic heterocycles. The van der Waals surface area contributed by atoms with Gasteiger partial charge in [-0.2, -0.15) is 5.26 Å². The van der Waals surface area contributed by atoms with Crippen molar-refractivity contribution in [3.8, 4) is 17.2 Å². The van der Waals surface area contributed by atoms with Gasteiger partial charge in [0.05, 0.1) is 11.6 Å². The molecule has 183 valence electrons. The van der Waals surface area contributed by atoms with Crippen LogP contribution in [0.4, 0.5) is 0 Å². The Hall–Kier alpha value is -2.77. The third-order valence-corrected chi connectivity index (χ3v) is 5.32. The van der Waals surface area contributed by atoms with Crippen molar-refractivity contribution in [3.05, 3.63) is 66.0 Å². The summed E-state index contributed by atoms with van der Waals surface area (Å²) < 4.78 is 11.8. The molecule has 0 aliphatic carbocycles. The fraction of sp³-hybridized carbons (Fsp3) is 0.360. The zero-order chi connectivity index (χ0) is 22.9. The van der Waals surface area contributed by atoms with E-state index in [1.165, 1.54) is 4.57 Å². The second-order valence-electron chi connectivity index (χ2n) is 7.64. The van der Waals surface area contributed by atoms with Crippen molar-refractivity contribution in [1.29, 1.82) is 5.26 Å². The predicted octanol–water partition coefficient (Wildman–Crippen LogP) is 2.94. The van der Waals surface area contributed by atoms with Crippen molar-refractivity contribution in [2.45, 2.75) is 31.8 Å². The van der Waals surface area contributed by atoms with Gasteiger partial charge in [0.1, 0.15) is 6.10 Å². The number of nitrogens with one attached hydrogen (secondary N) is 1. The first-order valence-corrected chi connectivity index (χ1v) is 10.7. The number of fused-ring (bicyclic) bond motifs is 1. The fourth-order valence-electron chi connectivity index (χ4n) is 3.42. The molecule has 2 aromatic carbocycles. The van der Waals surface area contributed by atoms with E-state index in [0.717, 1.165) is 48.0 Å². The topological polar surface area (TPSA) is 123 Å². The van der Waals surface area contributed by atoms with Gasteiger partial charge >= 0.3 is 25.5 Å². The Balaban J connectivity index is 0.000000382. The number of hydrogen-bond donors (Lipinski definition) is 2. The van der Waals surface area contributed by atoms with Gasteiger partial charge in [-0.25, -0.2) is 4.79 Å². The van der Waals surface area contributed by atoms with Crippen molar-refractivity contribution in [2.24, 2.45) is 12.8 Å². The van der Waals surface area contributed by atoms with E-state index in [2.05, 4.69) is 11.4 Å². The van der Waals surface area contributed by atoms with E-state index in [4.69, 9.17) is 20.1 Å². The number of primary amides is 1. The van der Waals surface area contributed by atoms with Crippen LogP contribution in [0.2, 0.25) is 0 Å². The Kier molecular flexibility index (Phi) is 12.5. The second-order valence-corrected chi connectivity index (χ2v) is 7.64. The van der Waals surface area contributed by atoms with Crippen LogP contribution in [0.1, 0.15) is 24.8 Å². The number of nitrogens with two attached hydrogens (primary N) is 1. The van der Waals surface area contributed by atoms with Crippen molar-refractivity contribution < 1.29 is 33.7 Å². The Morgan fingerprint density at radius 3 is 2.59 bits per heavy atom. The molecule has 34 heavy (non-hydrogen) atoms. The first-order valence-electron chi connectivity index (χ1n) is 10.7. The van der Waals surface area contributed by atoms with E-state index in [1.54, 1.807) is 7.05 Å². The van der Waals surface area contributed by atoms with E-state index < -0.39 is 6.10 Å². The standard InChI is InChI=1S/C17H14N2O2.C7H14N2O2.CH3.Os/c1-19-15-11-14(8-9-16(15)21-17(19)20)13-6-4-12(5-7-13)3-2-10-18;8-7(10)6-5-9-3-1-2-4-11-6;;/h4-9,11H,2-3H2,1H3;6,9H,1-5H2,(H2,8,10);1H3;/q;;-1;+1. The molecule has 1 aromatic heterocycles. The molecule has 3 N–H and O–H groups in total. The molecule has 3 aromatic rings. The third-order valence-electron chi connectivity index (χ3n) is 5.32. The molecule has 1 saturated heterocycles. The summed E-state index contributed by atoms with van der Waals surface area (Å²) in [6.07, 6.45) is 2.96. The van der Waals surface area contributed by atoms with Gasteiger partial charge in [-0.15, -0.1) is 0 Å².